The maximum atomic E-state index is 11.8. The topological polar surface area (TPSA) is 49.3 Å². The van der Waals surface area contributed by atoms with Crippen LogP contribution in [0.1, 0.15) is 21.3 Å². The van der Waals surface area contributed by atoms with Gasteiger partial charge in [-0.15, -0.1) is 11.3 Å². The molecule has 0 spiro atoms. The normalized spacial score (nSPS) is 12.4. The van der Waals surface area contributed by atoms with E-state index in [9.17, 15) is 9.90 Å². The molecule has 1 atom stereocenters. The number of halogens is 1. The molecule has 90 valence electrons. The van der Waals surface area contributed by atoms with Crippen molar-refractivity contribution in [3.05, 3.63) is 43.2 Å². The minimum Gasteiger partial charge on any atom is -0.387 e. The third-order valence-corrected chi connectivity index (χ3v) is 4.75. The Morgan fingerprint density at radius 2 is 2.29 bits per heavy atom. The molecule has 0 aromatic carbocycles. The van der Waals surface area contributed by atoms with Crippen molar-refractivity contribution in [3.8, 4) is 0 Å². The van der Waals surface area contributed by atoms with Crippen molar-refractivity contribution in [3.63, 3.8) is 0 Å². The molecule has 0 aliphatic rings. The number of aliphatic hydroxyl groups excluding tert-OH is 1. The zero-order chi connectivity index (χ0) is 12.3. The summed E-state index contributed by atoms with van der Waals surface area (Å²) in [7, 11) is 0. The highest BCUT2D eigenvalue weighted by Gasteiger charge is 2.14. The molecule has 2 aromatic heterocycles. The van der Waals surface area contributed by atoms with Gasteiger partial charge in [0.05, 0.1) is 6.10 Å². The predicted octanol–water partition coefficient (Wildman–Crippen LogP) is 3.04. The molecule has 2 rings (SSSR count). The maximum absolute atomic E-state index is 11.8. The van der Waals surface area contributed by atoms with Crippen molar-refractivity contribution in [2.75, 3.05) is 6.54 Å². The molecule has 0 bridgehead atoms. The number of amides is 1. The lowest BCUT2D eigenvalue weighted by molar-refractivity contribution is 0.0920. The summed E-state index contributed by atoms with van der Waals surface area (Å²) in [6, 6.07) is 3.68. The van der Waals surface area contributed by atoms with E-state index < -0.39 is 6.10 Å². The van der Waals surface area contributed by atoms with Gasteiger partial charge in [0.25, 0.3) is 5.91 Å². The number of thiophene rings is 2. The first-order valence-electron chi connectivity index (χ1n) is 4.90. The number of hydrogen-bond donors (Lipinski definition) is 2. The van der Waals surface area contributed by atoms with Crippen LogP contribution in [0.3, 0.4) is 0 Å². The summed E-state index contributed by atoms with van der Waals surface area (Å²) in [6.45, 7) is 0.222. The first kappa shape index (κ1) is 12.8. The molecule has 0 aliphatic heterocycles. The Morgan fingerprint density at radius 3 is 2.88 bits per heavy atom. The molecule has 0 saturated carbocycles. The van der Waals surface area contributed by atoms with E-state index >= 15 is 0 Å². The van der Waals surface area contributed by atoms with E-state index in [1.54, 1.807) is 0 Å². The summed E-state index contributed by atoms with van der Waals surface area (Å²) < 4.78 is 0.782. The first-order valence-corrected chi connectivity index (χ1v) is 7.51. The minimum atomic E-state index is -0.649. The molecular formula is C11H10BrNO2S2. The van der Waals surface area contributed by atoms with Crippen molar-refractivity contribution in [1.29, 1.82) is 0 Å². The molecule has 2 heterocycles. The van der Waals surface area contributed by atoms with Crippen molar-refractivity contribution in [1.82, 2.24) is 5.32 Å². The highest BCUT2D eigenvalue weighted by molar-refractivity contribution is 9.10. The third kappa shape index (κ3) is 3.16. The molecule has 0 aliphatic carbocycles. The van der Waals surface area contributed by atoms with Gasteiger partial charge in [-0.05, 0) is 49.8 Å². The van der Waals surface area contributed by atoms with Gasteiger partial charge in [-0.25, -0.2) is 0 Å². The second-order valence-electron chi connectivity index (χ2n) is 3.38. The lowest BCUT2D eigenvalue weighted by Crippen LogP contribution is -2.27. The number of carbonyl (C=O) groups is 1. The average molecular weight is 332 g/mol. The van der Waals surface area contributed by atoms with Crippen LogP contribution in [-0.4, -0.2) is 17.6 Å². The zero-order valence-electron chi connectivity index (χ0n) is 8.72. The fraction of sp³-hybridized carbons (Fsp3) is 0.182. The molecule has 0 fully saturated rings. The molecule has 6 heteroatoms. The maximum Gasteiger partial charge on any atom is 0.262 e. The number of aliphatic hydroxyl groups is 1. The van der Waals surface area contributed by atoms with E-state index in [2.05, 4.69) is 21.2 Å². The molecular weight excluding hydrogens is 322 g/mol. The molecule has 17 heavy (non-hydrogen) atoms. The highest BCUT2D eigenvalue weighted by Crippen LogP contribution is 2.22. The van der Waals surface area contributed by atoms with Gasteiger partial charge in [-0.2, -0.15) is 11.3 Å². The van der Waals surface area contributed by atoms with Gasteiger partial charge >= 0.3 is 0 Å². The van der Waals surface area contributed by atoms with Crippen LogP contribution in [0.4, 0.5) is 0 Å². The molecule has 2 N–H and O–H groups in total. The van der Waals surface area contributed by atoms with E-state index in [1.165, 1.54) is 22.7 Å². The number of nitrogens with one attached hydrogen (secondary N) is 1. The van der Waals surface area contributed by atoms with Crippen LogP contribution in [0.25, 0.3) is 0 Å². The lowest BCUT2D eigenvalue weighted by atomic mass is 10.2. The predicted molar refractivity (Wildman–Crippen MR) is 73.6 cm³/mol. The van der Waals surface area contributed by atoms with Gasteiger partial charge in [0, 0.05) is 11.0 Å². The van der Waals surface area contributed by atoms with Gasteiger partial charge in [0.1, 0.15) is 4.88 Å². The second kappa shape index (κ2) is 5.77. The number of carbonyl (C=O) groups excluding carboxylic acids is 1. The summed E-state index contributed by atoms with van der Waals surface area (Å²) in [4.78, 5) is 12.4. The van der Waals surface area contributed by atoms with Gasteiger partial charge in [-0.1, -0.05) is 0 Å². The Kier molecular flexibility index (Phi) is 4.33. The van der Waals surface area contributed by atoms with Crippen molar-refractivity contribution < 1.29 is 9.90 Å². The smallest absolute Gasteiger partial charge is 0.262 e. The molecule has 2 aromatic rings. The first-order chi connectivity index (χ1) is 8.18. The summed E-state index contributed by atoms with van der Waals surface area (Å²) in [5.74, 6) is -0.166. The van der Waals surface area contributed by atoms with Crippen LogP contribution < -0.4 is 5.32 Å². The summed E-state index contributed by atoms with van der Waals surface area (Å²) in [5.41, 5.74) is 0.834. The van der Waals surface area contributed by atoms with E-state index in [4.69, 9.17) is 0 Å². The van der Waals surface area contributed by atoms with Crippen LogP contribution in [-0.2, 0) is 0 Å². The van der Waals surface area contributed by atoms with E-state index in [-0.39, 0.29) is 12.5 Å². The van der Waals surface area contributed by atoms with Crippen molar-refractivity contribution in [2.45, 2.75) is 6.10 Å². The van der Waals surface area contributed by atoms with Crippen LogP contribution in [0.2, 0.25) is 0 Å². The largest absolute Gasteiger partial charge is 0.387 e. The van der Waals surface area contributed by atoms with Crippen LogP contribution in [0.15, 0.2) is 32.7 Å². The molecule has 3 nitrogen and oxygen atoms in total. The molecule has 1 amide bonds. The Labute approximate surface area is 115 Å². The second-order valence-corrected chi connectivity index (χ2v) is 5.93. The quantitative estimate of drug-likeness (QED) is 0.904. The SMILES string of the molecule is O=C(NCC(O)c1ccsc1)c1sccc1Br. The number of rotatable bonds is 4. The average Bonchev–Trinajstić information content (AvgIpc) is 2.95. The lowest BCUT2D eigenvalue weighted by Gasteiger charge is -2.09. The Bertz CT molecular complexity index is 495. The van der Waals surface area contributed by atoms with Crippen LogP contribution >= 0.6 is 38.6 Å². The standard InChI is InChI=1S/C11H10BrNO2S2/c12-8-2-4-17-10(8)11(15)13-5-9(14)7-1-3-16-6-7/h1-4,6,9,14H,5H2,(H,13,15). The van der Waals surface area contributed by atoms with Crippen LogP contribution in [0, 0.1) is 0 Å². The minimum absolute atomic E-state index is 0.166. The fourth-order valence-corrected chi connectivity index (χ4v) is 3.48. The molecule has 0 radical (unpaired) electrons. The Morgan fingerprint density at radius 1 is 1.47 bits per heavy atom. The van der Waals surface area contributed by atoms with E-state index in [0.717, 1.165) is 10.0 Å². The summed E-state index contributed by atoms with van der Waals surface area (Å²) in [5, 5.41) is 18.1. The summed E-state index contributed by atoms with van der Waals surface area (Å²) in [6.07, 6.45) is -0.649. The highest BCUT2D eigenvalue weighted by atomic mass is 79.9. The Balaban J connectivity index is 1.91. The number of hydrogen-bond acceptors (Lipinski definition) is 4. The third-order valence-electron chi connectivity index (χ3n) is 2.21. The van der Waals surface area contributed by atoms with E-state index in [0.29, 0.717) is 4.88 Å². The molecule has 1 unspecified atom stereocenters. The van der Waals surface area contributed by atoms with E-state index in [1.807, 2.05) is 28.3 Å². The Hall–Kier alpha value is -0.690. The van der Waals surface area contributed by atoms with Crippen LogP contribution in [0.5, 0.6) is 0 Å². The molecule has 0 saturated heterocycles. The fourth-order valence-electron chi connectivity index (χ4n) is 1.31. The van der Waals surface area contributed by atoms with Crippen molar-refractivity contribution in [2.24, 2.45) is 0 Å². The monoisotopic (exact) mass is 331 g/mol. The van der Waals surface area contributed by atoms with Gasteiger partial charge in [0.15, 0.2) is 0 Å². The van der Waals surface area contributed by atoms with Gasteiger partial charge < -0.3 is 10.4 Å². The van der Waals surface area contributed by atoms with Gasteiger partial charge in [0.2, 0.25) is 0 Å². The zero-order valence-corrected chi connectivity index (χ0v) is 11.9. The summed E-state index contributed by atoms with van der Waals surface area (Å²) >= 11 is 6.19. The van der Waals surface area contributed by atoms with Gasteiger partial charge in [-0.3, -0.25) is 4.79 Å². The van der Waals surface area contributed by atoms with Crippen molar-refractivity contribution >= 4 is 44.5 Å².